The highest BCUT2D eigenvalue weighted by atomic mass is 16.5. The summed E-state index contributed by atoms with van der Waals surface area (Å²) in [6.45, 7) is 2.13. The Morgan fingerprint density at radius 2 is 2.10 bits per heavy atom. The third-order valence-corrected chi connectivity index (χ3v) is 3.00. The zero-order chi connectivity index (χ0) is 14.8. The third-order valence-electron chi connectivity index (χ3n) is 3.00. The second-order valence-electron chi connectivity index (χ2n) is 4.46. The van der Waals surface area contributed by atoms with Crippen LogP contribution in [0.15, 0.2) is 29.1 Å². The molecule has 0 aliphatic carbocycles. The highest BCUT2D eigenvalue weighted by Crippen LogP contribution is 2.18. The topological polar surface area (TPSA) is 104 Å². The Bertz CT molecular complexity index is 817. The average molecular weight is 287 g/mol. The molecule has 0 fully saturated rings. The zero-order valence-corrected chi connectivity index (χ0v) is 11.5. The molecule has 0 bridgehead atoms. The van der Waals surface area contributed by atoms with Gasteiger partial charge in [-0.15, -0.1) is 9.78 Å². The predicted octanol–water partition coefficient (Wildman–Crippen LogP) is -0.0285. The van der Waals surface area contributed by atoms with Gasteiger partial charge in [0.2, 0.25) is 0 Å². The van der Waals surface area contributed by atoms with E-state index in [1.807, 2.05) is 31.2 Å². The second kappa shape index (κ2) is 5.19. The predicted molar refractivity (Wildman–Crippen MR) is 72.1 cm³/mol. The largest absolute Gasteiger partial charge is 0.487 e. The molecular weight excluding hydrogens is 274 g/mol. The van der Waals surface area contributed by atoms with Crippen LogP contribution in [0.5, 0.6) is 5.75 Å². The van der Waals surface area contributed by atoms with Crippen LogP contribution < -0.4 is 10.4 Å². The first-order valence-electron chi connectivity index (χ1n) is 6.24. The maximum absolute atomic E-state index is 11.6. The van der Waals surface area contributed by atoms with Crippen molar-refractivity contribution in [1.82, 2.24) is 35.2 Å². The number of para-hydroxylation sites is 1. The lowest BCUT2D eigenvalue weighted by Crippen LogP contribution is -2.20. The van der Waals surface area contributed by atoms with Gasteiger partial charge in [0, 0.05) is 7.05 Å². The van der Waals surface area contributed by atoms with Gasteiger partial charge in [-0.2, -0.15) is 0 Å². The Hall–Kier alpha value is -2.97. The Morgan fingerprint density at radius 3 is 2.81 bits per heavy atom. The second-order valence-corrected chi connectivity index (χ2v) is 4.46. The van der Waals surface area contributed by atoms with Crippen molar-refractivity contribution in [1.29, 1.82) is 0 Å². The molecule has 0 saturated heterocycles. The van der Waals surface area contributed by atoms with E-state index >= 15 is 0 Å². The zero-order valence-electron chi connectivity index (χ0n) is 11.5. The van der Waals surface area contributed by atoms with E-state index in [0.717, 1.165) is 16.0 Å². The van der Waals surface area contributed by atoms with Crippen molar-refractivity contribution in [2.45, 2.75) is 13.5 Å². The molecule has 0 radical (unpaired) electrons. The number of hydrogen-bond donors (Lipinski definition) is 1. The Morgan fingerprint density at radius 1 is 1.29 bits per heavy atom. The monoisotopic (exact) mass is 287 g/mol. The molecule has 2 aromatic heterocycles. The van der Waals surface area contributed by atoms with Crippen molar-refractivity contribution in [2.75, 3.05) is 0 Å². The molecule has 0 amide bonds. The summed E-state index contributed by atoms with van der Waals surface area (Å²) in [7, 11) is 1.67. The van der Waals surface area contributed by atoms with Gasteiger partial charge in [-0.1, -0.05) is 23.4 Å². The Labute approximate surface area is 119 Å². The van der Waals surface area contributed by atoms with Crippen LogP contribution in [0.2, 0.25) is 0 Å². The summed E-state index contributed by atoms with van der Waals surface area (Å²) < 4.78 is 8.26. The normalized spacial score (nSPS) is 10.8. The van der Waals surface area contributed by atoms with Crippen LogP contribution in [0.25, 0.3) is 5.82 Å². The van der Waals surface area contributed by atoms with Crippen LogP contribution in [0, 0.1) is 6.92 Å². The number of hydrogen-bond acceptors (Lipinski definition) is 6. The molecule has 2 heterocycles. The first-order valence-corrected chi connectivity index (χ1v) is 6.24. The van der Waals surface area contributed by atoms with Crippen molar-refractivity contribution in [3.63, 3.8) is 0 Å². The number of aryl methyl sites for hydroxylation is 2. The summed E-state index contributed by atoms with van der Waals surface area (Å²) in [5, 5.41) is 17.3. The van der Waals surface area contributed by atoms with E-state index in [-0.39, 0.29) is 6.61 Å². The van der Waals surface area contributed by atoms with Crippen LogP contribution in [0.1, 0.15) is 11.3 Å². The summed E-state index contributed by atoms with van der Waals surface area (Å²) in [6, 6.07) is 7.65. The number of H-pyrrole nitrogens is 1. The molecule has 3 rings (SSSR count). The van der Waals surface area contributed by atoms with Crippen molar-refractivity contribution >= 4 is 0 Å². The lowest BCUT2D eigenvalue weighted by Gasteiger charge is -2.08. The summed E-state index contributed by atoms with van der Waals surface area (Å²) >= 11 is 0. The highest BCUT2D eigenvalue weighted by molar-refractivity contribution is 5.32. The molecule has 0 aliphatic heterocycles. The lowest BCUT2D eigenvalue weighted by molar-refractivity contribution is 0.298. The van der Waals surface area contributed by atoms with E-state index in [0.29, 0.717) is 11.5 Å². The SMILES string of the molecule is Cc1ccccc1OCc1nnn(C)c1-n1nn[nH]c1=O. The number of ether oxygens (including phenoxy) is 1. The molecule has 108 valence electrons. The van der Waals surface area contributed by atoms with Gasteiger partial charge < -0.3 is 4.74 Å². The lowest BCUT2D eigenvalue weighted by atomic mass is 10.2. The summed E-state index contributed by atoms with van der Waals surface area (Å²) in [5.74, 6) is 1.17. The number of nitrogens with zero attached hydrogens (tertiary/aromatic N) is 6. The molecule has 21 heavy (non-hydrogen) atoms. The molecule has 9 nitrogen and oxygen atoms in total. The van der Waals surface area contributed by atoms with Gasteiger partial charge in [0.25, 0.3) is 0 Å². The average Bonchev–Trinajstić information content (AvgIpc) is 3.04. The van der Waals surface area contributed by atoms with Gasteiger partial charge in [0.1, 0.15) is 18.1 Å². The number of tetrazole rings is 1. The fraction of sp³-hybridized carbons (Fsp3) is 0.250. The van der Waals surface area contributed by atoms with Crippen molar-refractivity contribution < 1.29 is 4.74 Å². The molecule has 0 aliphatic rings. The van der Waals surface area contributed by atoms with Gasteiger partial charge in [-0.25, -0.2) is 14.6 Å². The minimum absolute atomic E-state index is 0.174. The maximum Gasteiger partial charge on any atom is 0.367 e. The highest BCUT2D eigenvalue weighted by Gasteiger charge is 2.17. The molecular formula is C12H13N7O2. The molecule has 9 heteroatoms. The fourth-order valence-corrected chi connectivity index (χ4v) is 1.95. The third kappa shape index (κ3) is 2.40. The quantitative estimate of drug-likeness (QED) is 0.722. The van der Waals surface area contributed by atoms with Gasteiger partial charge >= 0.3 is 5.69 Å². The van der Waals surface area contributed by atoms with E-state index in [4.69, 9.17) is 4.74 Å². The van der Waals surface area contributed by atoms with E-state index in [2.05, 4.69) is 25.8 Å². The first-order chi connectivity index (χ1) is 10.2. The summed E-state index contributed by atoms with van der Waals surface area (Å²) in [5.41, 5.74) is 1.05. The standard InChI is InChI=1S/C12H13N7O2/c1-8-5-3-4-6-10(8)21-7-9-11(18(2)16-13-9)19-12(20)14-15-17-19/h3-6H,7H2,1-2H3,(H,14,17,20). The number of aromatic amines is 1. The van der Waals surface area contributed by atoms with E-state index < -0.39 is 5.69 Å². The first kappa shape index (κ1) is 13.0. The number of aromatic nitrogens is 7. The van der Waals surface area contributed by atoms with Crippen molar-refractivity contribution in [3.05, 3.63) is 46.0 Å². The number of rotatable bonds is 4. The van der Waals surface area contributed by atoms with Crippen molar-refractivity contribution in [2.24, 2.45) is 7.05 Å². The minimum atomic E-state index is -0.461. The van der Waals surface area contributed by atoms with Gasteiger partial charge in [-0.05, 0) is 29.0 Å². The molecule has 0 spiro atoms. The number of benzene rings is 1. The van der Waals surface area contributed by atoms with Gasteiger partial charge in [-0.3, -0.25) is 0 Å². The van der Waals surface area contributed by atoms with Gasteiger partial charge in [0.15, 0.2) is 5.82 Å². The Balaban J connectivity index is 1.89. The molecule has 1 N–H and O–H groups in total. The van der Waals surface area contributed by atoms with Gasteiger partial charge in [0.05, 0.1) is 0 Å². The van der Waals surface area contributed by atoms with Crippen molar-refractivity contribution in [3.8, 4) is 11.6 Å². The van der Waals surface area contributed by atoms with Crippen LogP contribution in [0.3, 0.4) is 0 Å². The molecule has 0 atom stereocenters. The van der Waals surface area contributed by atoms with E-state index in [1.54, 1.807) is 7.05 Å². The van der Waals surface area contributed by atoms with Crippen LogP contribution in [-0.4, -0.2) is 35.2 Å². The summed E-state index contributed by atoms with van der Waals surface area (Å²) in [4.78, 5) is 11.6. The molecule has 0 unspecified atom stereocenters. The molecule has 1 aromatic carbocycles. The molecule has 0 saturated carbocycles. The van der Waals surface area contributed by atoms with Crippen LogP contribution in [0.4, 0.5) is 0 Å². The maximum atomic E-state index is 11.6. The van der Waals surface area contributed by atoms with E-state index in [9.17, 15) is 4.79 Å². The fourth-order valence-electron chi connectivity index (χ4n) is 1.95. The van der Waals surface area contributed by atoms with E-state index in [1.165, 1.54) is 4.68 Å². The smallest absolute Gasteiger partial charge is 0.367 e. The minimum Gasteiger partial charge on any atom is -0.487 e. The summed E-state index contributed by atoms with van der Waals surface area (Å²) in [6.07, 6.45) is 0. The van der Waals surface area contributed by atoms with Crippen LogP contribution in [-0.2, 0) is 13.7 Å². The molecule has 3 aromatic rings. The number of nitrogens with one attached hydrogen (secondary N) is 1. The Kier molecular flexibility index (Phi) is 3.22. The van der Waals surface area contributed by atoms with Crippen LogP contribution >= 0.6 is 0 Å².